The molecule has 2 aromatic rings. The standard InChI is InChI=1S/C23H25BrCl2N2O2/c1-15(23(30)27-18-8-2-3-9-18)28(14-16-6-4-7-17(24)12-16)22(29)13-19-20(25)10-5-11-21(19)26/h4-7,10-12,15,18H,2-3,8-9,13-14H2,1H3,(H,27,30). The summed E-state index contributed by atoms with van der Waals surface area (Å²) in [5.41, 5.74) is 1.51. The maximum absolute atomic E-state index is 13.3. The first-order valence-corrected chi connectivity index (χ1v) is 11.7. The van der Waals surface area contributed by atoms with Crippen molar-refractivity contribution >= 4 is 50.9 Å². The highest BCUT2D eigenvalue weighted by Crippen LogP contribution is 2.26. The van der Waals surface area contributed by atoms with Gasteiger partial charge in [0.1, 0.15) is 6.04 Å². The SMILES string of the molecule is CC(C(=O)NC1CCCC1)N(Cc1cccc(Br)c1)C(=O)Cc1c(Cl)cccc1Cl. The van der Waals surface area contributed by atoms with Crippen molar-refractivity contribution in [3.8, 4) is 0 Å². The first-order valence-electron chi connectivity index (χ1n) is 10.1. The van der Waals surface area contributed by atoms with E-state index in [9.17, 15) is 9.59 Å². The zero-order valence-electron chi connectivity index (χ0n) is 16.8. The van der Waals surface area contributed by atoms with Crippen LogP contribution in [-0.4, -0.2) is 28.8 Å². The highest BCUT2D eigenvalue weighted by molar-refractivity contribution is 9.10. The Hall–Kier alpha value is -1.56. The van der Waals surface area contributed by atoms with Crippen LogP contribution in [0.2, 0.25) is 10.0 Å². The van der Waals surface area contributed by atoms with Crippen LogP contribution in [0.25, 0.3) is 0 Å². The Morgan fingerprint density at radius 2 is 1.77 bits per heavy atom. The third-order valence-corrected chi connectivity index (χ3v) is 6.70. The Bertz CT molecular complexity index is 896. The van der Waals surface area contributed by atoms with Gasteiger partial charge in [-0.05, 0) is 55.2 Å². The van der Waals surface area contributed by atoms with E-state index >= 15 is 0 Å². The smallest absolute Gasteiger partial charge is 0.242 e. The van der Waals surface area contributed by atoms with Crippen LogP contribution in [0.3, 0.4) is 0 Å². The molecule has 7 heteroatoms. The second-order valence-electron chi connectivity index (χ2n) is 7.69. The van der Waals surface area contributed by atoms with Gasteiger partial charge in [0.15, 0.2) is 0 Å². The number of amides is 2. The third-order valence-electron chi connectivity index (χ3n) is 5.50. The van der Waals surface area contributed by atoms with E-state index in [2.05, 4.69) is 21.2 Å². The van der Waals surface area contributed by atoms with E-state index in [-0.39, 0.29) is 24.3 Å². The second kappa shape index (κ2) is 10.7. The van der Waals surface area contributed by atoms with Gasteiger partial charge in [-0.15, -0.1) is 0 Å². The molecule has 1 unspecified atom stereocenters. The molecule has 1 N–H and O–H groups in total. The molecule has 0 radical (unpaired) electrons. The fraction of sp³-hybridized carbons (Fsp3) is 0.391. The molecule has 30 heavy (non-hydrogen) atoms. The first-order chi connectivity index (χ1) is 14.3. The van der Waals surface area contributed by atoms with Crippen LogP contribution in [0.4, 0.5) is 0 Å². The van der Waals surface area contributed by atoms with E-state index in [0.29, 0.717) is 22.2 Å². The number of nitrogens with one attached hydrogen (secondary N) is 1. The van der Waals surface area contributed by atoms with Gasteiger partial charge in [-0.25, -0.2) is 0 Å². The number of hydrogen-bond acceptors (Lipinski definition) is 2. The van der Waals surface area contributed by atoms with E-state index in [4.69, 9.17) is 23.2 Å². The van der Waals surface area contributed by atoms with Crippen molar-refractivity contribution in [3.05, 3.63) is 68.1 Å². The molecular formula is C23H25BrCl2N2O2. The van der Waals surface area contributed by atoms with Gasteiger partial charge >= 0.3 is 0 Å². The van der Waals surface area contributed by atoms with Crippen molar-refractivity contribution in [1.82, 2.24) is 10.2 Å². The van der Waals surface area contributed by atoms with Crippen molar-refractivity contribution in [3.63, 3.8) is 0 Å². The number of carbonyl (C=O) groups excluding carboxylic acids is 2. The summed E-state index contributed by atoms with van der Waals surface area (Å²) in [6.45, 7) is 2.09. The average Bonchev–Trinajstić information content (AvgIpc) is 3.21. The van der Waals surface area contributed by atoms with Gasteiger partial charge in [0.05, 0.1) is 6.42 Å². The first kappa shape index (κ1) is 23.1. The number of benzene rings is 2. The average molecular weight is 512 g/mol. The van der Waals surface area contributed by atoms with Crippen LogP contribution in [0.5, 0.6) is 0 Å². The zero-order valence-corrected chi connectivity index (χ0v) is 19.9. The fourth-order valence-electron chi connectivity index (χ4n) is 3.76. The van der Waals surface area contributed by atoms with E-state index in [0.717, 1.165) is 35.7 Å². The lowest BCUT2D eigenvalue weighted by Gasteiger charge is -2.30. The molecule has 0 aromatic heterocycles. The summed E-state index contributed by atoms with van der Waals surface area (Å²) < 4.78 is 0.921. The Morgan fingerprint density at radius 1 is 1.13 bits per heavy atom. The lowest BCUT2D eigenvalue weighted by molar-refractivity contribution is -0.140. The van der Waals surface area contributed by atoms with Crippen LogP contribution in [0, 0.1) is 0 Å². The molecule has 160 valence electrons. The minimum absolute atomic E-state index is 0.0353. The van der Waals surface area contributed by atoms with Crippen LogP contribution in [0.1, 0.15) is 43.7 Å². The molecule has 1 atom stereocenters. The van der Waals surface area contributed by atoms with Gasteiger partial charge in [-0.2, -0.15) is 0 Å². The van der Waals surface area contributed by atoms with E-state index in [1.54, 1.807) is 30.0 Å². The summed E-state index contributed by atoms with van der Waals surface area (Å²) in [7, 11) is 0. The number of halogens is 3. The summed E-state index contributed by atoms with van der Waals surface area (Å²) in [5, 5.41) is 3.99. The quantitative estimate of drug-likeness (QED) is 0.512. The van der Waals surface area contributed by atoms with Gasteiger partial charge in [0, 0.05) is 27.1 Å². The van der Waals surface area contributed by atoms with Crippen molar-refractivity contribution in [1.29, 1.82) is 0 Å². The third kappa shape index (κ3) is 5.99. The van der Waals surface area contributed by atoms with Crippen molar-refractivity contribution < 1.29 is 9.59 Å². The fourth-order valence-corrected chi connectivity index (χ4v) is 4.74. The molecule has 1 aliphatic carbocycles. The molecule has 1 saturated carbocycles. The van der Waals surface area contributed by atoms with Crippen LogP contribution in [-0.2, 0) is 22.6 Å². The molecule has 2 aromatic carbocycles. The van der Waals surface area contributed by atoms with E-state index in [1.165, 1.54) is 0 Å². The Morgan fingerprint density at radius 3 is 2.40 bits per heavy atom. The zero-order chi connectivity index (χ0) is 21.7. The molecule has 2 amide bonds. The lowest BCUT2D eigenvalue weighted by atomic mass is 10.1. The molecule has 1 aliphatic rings. The maximum Gasteiger partial charge on any atom is 0.242 e. The Kier molecular flexibility index (Phi) is 8.20. The second-order valence-corrected chi connectivity index (χ2v) is 9.42. The van der Waals surface area contributed by atoms with Crippen molar-refractivity contribution in [2.45, 2.75) is 57.7 Å². The monoisotopic (exact) mass is 510 g/mol. The molecule has 0 heterocycles. The van der Waals surface area contributed by atoms with Gasteiger partial charge in [-0.3, -0.25) is 9.59 Å². The largest absolute Gasteiger partial charge is 0.352 e. The maximum atomic E-state index is 13.3. The predicted molar refractivity (Wildman–Crippen MR) is 125 cm³/mol. The van der Waals surface area contributed by atoms with E-state index < -0.39 is 6.04 Å². The van der Waals surface area contributed by atoms with Crippen molar-refractivity contribution in [2.24, 2.45) is 0 Å². The molecule has 0 aliphatic heterocycles. The van der Waals surface area contributed by atoms with Gasteiger partial charge in [-0.1, -0.05) is 70.2 Å². The number of rotatable bonds is 7. The molecule has 0 saturated heterocycles. The number of hydrogen-bond donors (Lipinski definition) is 1. The summed E-state index contributed by atoms with van der Waals surface area (Å²) >= 11 is 16.0. The van der Waals surface area contributed by atoms with Gasteiger partial charge < -0.3 is 10.2 Å². The summed E-state index contributed by atoms with van der Waals surface area (Å²) in [6, 6.07) is 12.5. The van der Waals surface area contributed by atoms with Gasteiger partial charge in [0.25, 0.3) is 0 Å². The minimum atomic E-state index is -0.613. The molecule has 3 rings (SSSR count). The Balaban J connectivity index is 1.82. The normalized spacial score (nSPS) is 15.1. The number of nitrogens with zero attached hydrogens (tertiary/aromatic N) is 1. The molecule has 0 bridgehead atoms. The molecule has 1 fully saturated rings. The molecule has 4 nitrogen and oxygen atoms in total. The predicted octanol–water partition coefficient (Wildman–Crippen LogP) is 5.77. The van der Waals surface area contributed by atoms with Crippen LogP contribution >= 0.6 is 39.1 Å². The summed E-state index contributed by atoms with van der Waals surface area (Å²) in [4.78, 5) is 27.8. The minimum Gasteiger partial charge on any atom is -0.352 e. The molecule has 0 spiro atoms. The van der Waals surface area contributed by atoms with Crippen molar-refractivity contribution in [2.75, 3.05) is 0 Å². The highest BCUT2D eigenvalue weighted by Gasteiger charge is 2.29. The summed E-state index contributed by atoms with van der Waals surface area (Å²) in [5.74, 6) is -0.324. The lowest BCUT2D eigenvalue weighted by Crippen LogP contribution is -2.50. The van der Waals surface area contributed by atoms with Crippen LogP contribution < -0.4 is 5.32 Å². The van der Waals surface area contributed by atoms with Crippen LogP contribution in [0.15, 0.2) is 46.9 Å². The summed E-state index contributed by atoms with van der Waals surface area (Å²) in [6.07, 6.45) is 4.28. The van der Waals surface area contributed by atoms with Gasteiger partial charge in [0.2, 0.25) is 11.8 Å². The topological polar surface area (TPSA) is 49.4 Å². The van der Waals surface area contributed by atoms with E-state index in [1.807, 2.05) is 24.3 Å². The number of carbonyl (C=O) groups is 2. The molecular weight excluding hydrogens is 487 g/mol. The highest BCUT2D eigenvalue weighted by atomic mass is 79.9. The Labute approximate surface area is 196 Å².